The van der Waals surface area contributed by atoms with Crippen LogP contribution in [0, 0.1) is 5.92 Å². The Morgan fingerprint density at radius 2 is 1.66 bits per heavy atom. The van der Waals surface area contributed by atoms with E-state index in [1.165, 1.54) is 14.2 Å². The van der Waals surface area contributed by atoms with Crippen LogP contribution < -0.4 is 4.74 Å². The number of piperidine rings is 1. The van der Waals surface area contributed by atoms with Crippen molar-refractivity contribution in [1.82, 2.24) is 24.8 Å². The van der Waals surface area contributed by atoms with Crippen LogP contribution in [0.25, 0.3) is 11.3 Å². The average molecular weight is 621 g/mol. The lowest BCUT2D eigenvalue weighted by Crippen LogP contribution is -2.48. The summed E-state index contributed by atoms with van der Waals surface area (Å²) in [6, 6.07) is 8.99. The van der Waals surface area contributed by atoms with Crippen molar-refractivity contribution in [1.29, 1.82) is 0 Å². The minimum absolute atomic E-state index is 0.141. The Hall–Kier alpha value is -3.34. The molecule has 2 aliphatic rings. The van der Waals surface area contributed by atoms with Gasteiger partial charge in [0.05, 0.1) is 32.0 Å². The molecule has 13 heteroatoms. The number of ether oxygens (including phenoxy) is 2. The number of halogens is 3. The zero-order valence-corrected chi connectivity index (χ0v) is 24.7. The van der Waals surface area contributed by atoms with Gasteiger partial charge in [0.15, 0.2) is 0 Å². The molecule has 1 aromatic heterocycles. The Kier molecular flexibility index (Phi) is 8.72. The molecule has 0 N–H and O–H groups in total. The van der Waals surface area contributed by atoms with Crippen molar-refractivity contribution < 1.29 is 23.9 Å². The molecule has 2 amide bonds. The van der Waals surface area contributed by atoms with Gasteiger partial charge in [-0.15, -0.1) is 5.10 Å². The first-order valence-electron chi connectivity index (χ1n) is 13.1. The molecule has 0 saturated carbocycles. The van der Waals surface area contributed by atoms with Crippen LogP contribution in [0.3, 0.4) is 0 Å². The normalized spacial score (nSPS) is 19.3. The second-order valence-corrected chi connectivity index (χ2v) is 11.4. The van der Waals surface area contributed by atoms with E-state index in [-0.39, 0.29) is 30.3 Å². The summed E-state index contributed by atoms with van der Waals surface area (Å²) in [7, 11) is 2.81. The maximum Gasteiger partial charge on any atom is 0.328 e. The van der Waals surface area contributed by atoms with Crippen LogP contribution in [0.4, 0.5) is 0 Å². The van der Waals surface area contributed by atoms with Gasteiger partial charge in [-0.25, -0.2) is 9.48 Å². The van der Waals surface area contributed by atoms with Crippen molar-refractivity contribution in [3.63, 3.8) is 0 Å². The number of esters is 1. The molecule has 2 saturated heterocycles. The number of benzene rings is 2. The molecule has 0 unspecified atom stereocenters. The fourth-order valence-electron chi connectivity index (χ4n) is 5.48. The van der Waals surface area contributed by atoms with E-state index < -0.39 is 12.0 Å². The van der Waals surface area contributed by atoms with E-state index >= 15 is 0 Å². The third-order valence-corrected chi connectivity index (χ3v) is 8.27. The van der Waals surface area contributed by atoms with E-state index in [2.05, 4.69) is 10.3 Å². The van der Waals surface area contributed by atoms with E-state index in [1.54, 1.807) is 57.1 Å². The van der Waals surface area contributed by atoms with Crippen molar-refractivity contribution in [2.45, 2.75) is 31.3 Å². The highest BCUT2D eigenvalue weighted by molar-refractivity contribution is 6.35. The molecule has 2 aromatic carbocycles. The SMILES string of the molecule is COC(=O)[C@H]1C[C@@H](n2cc(-c3cc(Cl)cc(Cl)c3)nn2)CN1C(=O)C1CCN(C(=O)c2cc(Cl)ccc2OC)CC1. The highest BCUT2D eigenvalue weighted by Gasteiger charge is 2.44. The molecule has 41 heavy (non-hydrogen) atoms. The summed E-state index contributed by atoms with van der Waals surface area (Å²) in [5.41, 5.74) is 1.66. The number of carbonyl (C=O) groups excluding carboxylic acids is 3. The number of hydrogen-bond donors (Lipinski definition) is 0. The number of aromatic nitrogens is 3. The largest absolute Gasteiger partial charge is 0.496 e. The van der Waals surface area contributed by atoms with Gasteiger partial charge in [-0.2, -0.15) is 0 Å². The van der Waals surface area contributed by atoms with Crippen LogP contribution in [0.15, 0.2) is 42.6 Å². The lowest BCUT2D eigenvalue weighted by molar-refractivity contribution is -0.152. The van der Waals surface area contributed by atoms with Crippen molar-refractivity contribution in [2.75, 3.05) is 33.9 Å². The zero-order valence-electron chi connectivity index (χ0n) is 22.4. The Labute approximate surface area is 252 Å². The predicted octanol–water partition coefficient (Wildman–Crippen LogP) is 4.78. The molecule has 5 rings (SSSR count). The molecule has 0 bridgehead atoms. The standard InChI is InChI=1S/C28H28Cl3N5O5/c1-40-25-4-3-18(29)12-22(25)27(38)34-7-5-16(6-8-34)26(37)35-14-21(13-24(35)28(39)41-2)36-15-23(32-33-36)17-9-19(30)11-20(31)10-17/h3-4,9-12,15-16,21,24H,5-8,13-14H2,1-2H3/t21-,24-/m1/s1. The third kappa shape index (κ3) is 6.14. The van der Waals surface area contributed by atoms with E-state index in [0.29, 0.717) is 70.0 Å². The first-order chi connectivity index (χ1) is 19.7. The maximum atomic E-state index is 13.7. The summed E-state index contributed by atoms with van der Waals surface area (Å²) < 4.78 is 12.0. The highest BCUT2D eigenvalue weighted by atomic mass is 35.5. The molecule has 2 aliphatic heterocycles. The molecule has 0 spiro atoms. The van der Waals surface area contributed by atoms with Crippen LogP contribution in [0.1, 0.15) is 35.7 Å². The molecule has 10 nitrogen and oxygen atoms in total. The molecule has 0 aliphatic carbocycles. The number of rotatable bonds is 6. The molecular weight excluding hydrogens is 593 g/mol. The quantitative estimate of drug-likeness (QED) is 0.365. The summed E-state index contributed by atoms with van der Waals surface area (Å²) in [6.45, 7) is 1.05. The number of amides is 2. The van der Waals surface area contributed by atoms with Crippen LogP contribution in [-0.2, 0) is 14.3 Å². The smallest absolute Gasteiger partial charge is 0.328 e. The van der Waals surface area contributed by atoms with Gasteiger partial charge < -0.3 is 19.3 Å². The van der Waals surface area contributed by atoms with E-state index in [0.717, 1.165) is 0 Å². The van der Waals surface area contributed by atoms with Gasteiger partial charge in [-0.05, 0) is 49.2 Å². The van der Waals surface area contributed by atoms with Gasteiger partial charge in [0.25, 0.3) is 5.91 Å². The number of hydrogen-bond acceptors (Lipinski definition) is 7. The number of carbonyl (C=O) groups is 3. The van der Waals surface area contributed by atoms with Crippen molar-refractivity contribution in [3.8, 4) is 17.0 Å². The van der Waals surface area contributed by atoms with Crippen LogP contribution in [-0.4, -0.2) is 82.5 Å². The first-order valence-corrected chi connectivity index (χ1v) is 14.2. The summed E-state index contributed by atoms with van der Waals surface area (Å²) in [5.74, 6) is -0.727. The van der Waals surface area contributed by atoms with Gasteiger partial charge in [0.2, 0.25) is 5.91 Å². The molecule has 2 fully saturated rings. The van der Waals surface area contributed by atoms with Gasteiger partial charge in [0.1, 0.15) is 17.5 Å². The minimum Gasteiger partial charge on any atom is -0.496 e. The maximum absolute atomic E-state index is 13.7. The van der Waals surface area contributed by atoms with Gasteiger partial charge in [0, 0.05) is 52.6 Å². The topological polar surface area (TPSA) is 107 Å². The summed E-state index contributed by atoms with van der Waals surface area (Å²) >= 11 is 18.4. The molecule has 216 valence electrons. The van der Waals surface area contributed by atoms with Crippen LogP contribution in [0.2, 0.25) is 15.1 Å². The van der Waals surface area contributed by atoms with Gasteiger partial charge in [-0.3, -0.25) is 9.59 Å². The third-order valence-electron chi connectivity index (χ3n) is 7.60. The van der Waals surface area contributed by atoms with Crippen molar-refractivity contribution in [2.24, 2.45) is 5.92 Å². The zero-order chi connectivity index (χ0) is 29.3. The summed E-state index contributed by atoms with van der Waals surface area (Å²) in [6.07, 6.45) is 3.02. The predicted molar refractivity (Wildman–Crippen MR) is 153 cm³/mol. The Bertz CT molecular complexity index is 1450. The van der Waals surface area contributed by atoms with E-state index in [4.69, 9.17) is 44.3 Å². The average Bonchev–Trinajstić information content (AvgIpc) is 3.64. The van der Waals surface area contributed by atoms with Gasteiger partial charge >= 0.3 is 5.97 Å². The lowest BCUT2D eigenvalue weighted by atomic mass is 9.94. The van der Waals surface area contributed by atoms with E-state index in [9.17, 15) is 14.4 Å². The fourth-order valence-corrected chi connectivity index (χ4v) is 6.18. The van der Waals surface area contributed by atoms with Crippen LogP contribution in [0.5, 0.6) is 5.75 Å². The highest BCUT2D eigenvalue weighted by Crippen LogP contribution is 2.33. The number of nitrogens with zero attached hydrogens (tertiary/aromatic N) is 5. The molecule has 0 radical (unpaired) electrons. The van der Waals surface area contributed by atoms with Crippen molar-refractivity contribution >= 4 is 52.6 Å². The second-order valence-electron chi connectivity index (χ2n) is 10.1. The molecule has 2 atom stereocenters. The van der Waals surface area contributed by atoms with Crippen LogP contribution >= 0.6 is 34.8 Å². The second kappa shape index (κ2) is 12.3. The Morgan fingerprint density at radius 3 is 2.32 bits per heavy atom. The minimum atomic E-state index is -0.749. The Balaban J connectivity index is 1.27. The van der Waals surface area contributed by atoms with Gasteiger partial charge in [-0.1, -0.05) is 40.0 Å². The Morgan fingerprint density at radius 1 is 0.951 bits per heavy atom. The summed E-state index contributed by atoms with van der Waals surface area (Å²) in [4.78, 5) is 42.9. The fraction of sp³-hybridized carbons (Fsp3) is 0.393. The molecule has 3 aromatic rings. The van der Waals surface area contributed by atoms with Crippen molar-refractivity contribution in [3.05, 3.63) is 63.2 Å². The first kappa shape index (κ1) is 29.2. The van der Waals surface area contributed by atoms with E-state index in [1.807, 2.05) is 0 Å². The molecular formula is C28H28Cl3N5O5. The number of likely N-dealkylation sites (tertiary alicyclic amines) is 2. The summed E-state index contributed by atoms with van der Waals surface area (Å²) in [5, 5.41) is 9.91. The monoisotopic (exact) mass is 619 g/mol. The molecule has 3 heterocycles. The lowest BCUT2D eigenvalue weighted by Gasteiger charge is -2.34. The number of methoxy groups -OCH3 is 2.